The normalized spacial score (nSPS) is 24.1. The highest BCUT2D eigenvalue weighted by atomic mass is 16.5. The molecule has 2 bridgehead atoms. The highest BCUT2D eigenvalue weighted by molar-refractivity contribution is 6.42. The maximum absolute atomic E-state index is 12.2. The van der Waals surface area contributed by atoms with Crippen LogP contribution in [0.25, 0.3) is 5.57 Å². The quantitative estimate of drug-likeness (QED) is 0.472. The topological polar surface area (TPSA) is 56.5 Å². The van der Waals surface area contributed by atoms with Crippen LogP contribution in [-0.4, -0.2) is 18.4 Å². The average molecular weight is 258 g/mol. The zero-order valence-electron chi connectivity index (χ0n) is 10.6. The summed E-state index contributed by atoms with van der Waals surface area (Å²) in [6, 6.07) is 3.60. The molecule has 0 spiro atoms. The summed E-state index contributed by atoms with van der Waals surface area (Å²) in [5.41, 5.74) is 1.39. The Kier molecular flexibility index (Phi) is 2.85. The van der Waals surface area contributed by atoms with Crippen molar-refractivity contribution in [2.24, 2.45) is 11.8 Å². The number of ether oxygens (including phenoxy) is 1. The lowest BCUT2D eigenvalue weighted by Gasteiger charge is -2.13. The molecule has 1 aromatic heterocycles. The number of esters is 1. The van der Waals surface area contributed by atoms with E-state index in [0.29, 0.717) is 11.3 Å². The average Bonchev–Trinajstić information content (AvgIpc) is 3.13. The number of rotatable bonds is 4. The van der Waals surface area contributed by atoms with E-state index in [2.05, 4.69) is 6.08 Å². The van der Waals surface area contributed by atoms with Crippen LogP contribution in [0.1, 0.15) is 19.1 Å². The molecule has 19 heavy (non-hydrogen) atoms. The molecule has 4 nitrogen and oxygen atoms in total. The second-order valence-corrected chi connectivity index (χ2v) is 4.69. The van der Waals surface area contributed by atoms with Crippen LogP contribution in [0.15, 0.2) is 40.5 Å². The Morgan fingerprint density at radius 1 is 1.37 bits per heavy atom. The molecule has 3 rings (SSSR count). The van der Waals surface area contributed by atoms with Gasteiger partial charge in [-0.3, -0.25) is 4.79 Å². The molecule has 4 heteroatoms. The fraction of sp³-hybridized carbons (Fsp3) is 0.333. The maximum Gasteiger partial charge on any atom is 0.379 e. The summed E-state index contributed by atoms with van der Waals surface area (Å²) >= 11 is 0. The number of hydrogen-bond acceptors (Lipinski definition) is 4. The zero-order chi connectivity index (χ0) is 13.4. The molecule has 1 heterocycles. The van der Waals surface area contributed by atoms with E-state index in [4.69, 9.17) is 9.15 Å². The first-order valence-electron chi connectivity index (χ1n) is 6.40. The Labute approximate surface area is 110 Å². The molecule has 0 saturated carbocycles. The molecule has 0 amide bonds. The van der Waals surface area contributed by atoms with Crippen molar-refractivity contribution in [2.75, 3.05) is 6.61 Å². The minimum absolute atomic E-state index is 0.0157. The van der Waals surface area contributed by atoms with Gasteiger partial charge in [-0.2, -0.15) is 0 Å². The van der Waals surface area contributed by atoms with E-state index in [1.54, 1.807) is 19.3 Å². The van der Waals surface area contributed by atoms with E-state index in [1.807, 2.05) is 12.1 Å². The van der Waals surface area contributed by atoms with Gasteiger partial charge in [0.05, 0.1) is 12.9 Å². The van der Waals surface area contributed by atoms with Crippen LogP contribution in [0.5, 0.6) is 0 Å². The highest BCUT2D eigenvalue weighted by Gasteiger charge is 2.42. The number of ketones is 1. The standard InChI is InChI=1S/C15H14O4/c1-2-18-15(17)14(16)13-10-6-5-9(8-10)12(13)11-4-3-7-19-11/h3-7,9-10H,2,8H2,1H3. The molecular formula is C15H14O4. The fourth-order valence-corrected chi connectivity index (χ4v) is 2.87. The molecule has 1 aromatic rings. The van der Waals surface area contributed by atoms with E-state index in [0.717, 1.165) is 12.0 Å². The SMILES string of the molecule is CCOC(=O)C(=O)C1=C(c2ccco2)C2C=CC1C2. The minimum Gasteiger partial charge on any atom is -0.465 e. The molecule has 0 aliphatic heterocycles. The van der Waals surface area contributed by atoms with Crippen molar-refractivity contribution in [3.63, 3.8) is 0 Å². The summed E-state index contributed by atoms with van der Waals surface area (Å²) in [5.74, 6) is -0.455. The number of fused-ring (bicyclic) bond motifs is 2. The molecule has 2 aliphatic carbocycles. The lowest BCUT2D eigenvalue weighted by Crippen LogP contribution is -2.22. The Morgan fingerprint density at radius 3 is 2.84 bits per heavy atom. The molecule has 0 saturated heterocycles. The molecular weight excluding hydrogens is 244 g/mol. The summed E-state index contributed by atoms with van der Waals surface area (Å²) in [6.45, 7) is 1.89. The largest absolute Gasteiger partial charge is 0.465 e. The zero-order valence-corrected chi connectivity index (χ0v) is 10.6. The molecule has 0 radical (unpaired) electrons. The number of Topliss-reactive ketones (excluding diaryl/α,β-unsaturated/α-hetero) is 1. The van der Waals surface area contributed by atoms with Crippen LogP contribution in [0.4, 0.5) is 0 Å². The van der Waals surface area contributed by atoms with Gasteiger partial charge in [-0.25, -0.2) is 4.79 Å². The van der Waals surface area contributed by atoms with Crippen molar-refractivity contribution in [1.82, 2.24) is 0 Å². The van der Waals surface area contributed by atoms with Crippen molar-refractivity contribution < 1.29 is 18.7 Å². The van der Waals surface area contributed by atoms with Gasteiger partial charge in [0.1, 0.15) is 5.76 Å². The monoisotopic (exact) mass is 258 g/mol. The van der Waals surface area contributed by atoms with E-state index < -0.39 is 11.8 Å². The van der Waals surface area contributed by atoms with E-state index in [9.17, 15) is 9.59 Å². The summed E-state index contributed by atoms with van der Waals surface area (Å²) in [4.78, 5) is 23.9. The van der Waals surface area contributed by atoms with Crippen LogP contribution < -0.4 is 0 Å². The van der Waals surface area contributed by atoms with Gasteiger partial charge in [-0.1, -0.05) is 12.2 Å². The van der Waals surface area contributed by atoms with Gasteiger partial charge in [-0.15, -0.1) is 0 Å². The predicted molar refractivity (Wildman–Crippen MR) is 68.0 cm³/mol. The van der Waals surface area contributed by atoms with Crippen LogP contribution in [0, 0.1) is 11.8 Å². The molecule has 2 aliphatic rings. The molecule has 0 fully saturated rings. The van der Waals surface area contributed by atoms with Crippen molar-refractivity contribution in [2.45, 2.75) is 13.3 Å². The van der Waals surface area contributed by atoms with Crippen LogP contribution in [0.3, 0.4) is 0 Å². The van der Waals surface area contributed by atoms with Gasteiger partial charge in [0.15, 0.2) is 0 Å². The van der Waals surface area contributed by atoms with Crippen molar-refractivity contribution >= 4 is 17.3 Å². The maximum atomic E-state index is 12.2. The highest BCUT2D eigenvalue weighted by Crippen LogP contribution is 2.48. The Bertz CT molecular complexity index is 577. The first-order valence-corrected chi connectivity index (χ1v) is 6.40. The van der Waals surface area contributed by atoms with Gasteiger partial charge in [-0.05, 0) is 25.5 Å². The third kappa shape index (κ3) is 1.84. The van der Waals surface area contributed by atoms with Crippen molar-refractivity contribution in [3.05, 3.63) is 41.9 Å². The molecule has 2 unspecified atom stereocenters. The smallest absolute Gasteiger partial charge is 0.379 e. The second kappa shape index (κ2) is 4.53. The summed E-state index contributed by atoms with van der Waals surface area (Å²) in [7, 11) is 0. The van der Waals surface area contributed by atoms with Crippen LogP contribution in [0.2, 0.25) is 0 Å². The lowest BCUT2D eigenvalue weighted by molar-refractivity contribution is -0.151. The number of allylic oxidation sites excluding steroid dienone is 3. The first kappa shape index (κ1) is 12.0. The van der Waals surface area contributed by atoms with Crippen molar-refractivity contribution in [3.8, 4) is 0 Å². The number of carbonyl (C=O) groups excluding carboxylic acids is 2. The van der Waals surface area contributed by atoms with Gasteiger partial charge in [0, 0.05) is 23.0 Å². The Balaban J connectivity index is 2.01. The van der Waals surface area contributed by atoms with Gasteiger partial charge >= 0.3 is 5.97 Å². The van der Waals surface area contributed by atoms with E-state index in [-0.39, 0.29) is 18.4 Å². The summed E-state index contributed by atoms with van der Waals surface area (Å²) in [5, 5.41) is 0. The number of hydrogen-bond donors (Lipinski definition) is 0. The molecule has 0 aromatic carbocycles. The first-order chi connectivity index (χ1) is 9.22. The molecule has 0 N–H and O–H groups in total. The Hall–Kier alpha value is -2.10. The fourth-order valence-electron chi connectivity index (χ4n) is 2.87. The van der Waals surface area contributed by atoms with Gasteiger partial charge < -0.3 is 9.15 Å². The molecule has 2 atom stereocenters. The third-order valence-corrected chi connectivity index (χ3v) is 3.61. The van der Waals surface area contributed by atoms with Gasteiger partial charge in [0.2, 0.25) is 0 Å². The lowest BCUT2D eigenvalue weighted by atomic mass is 9.92. The van der Waals surface area contributed by atoms with Crippen LogP contribution >= 0.6 is 0 Å². The van der Waals surface area contributed by atoms with Crippen LogP contribution in [-0.2, 0) is 14.3 Å². The van der Waals surface area contributed by atoms with Gasteiger partial charge in [0.25, 0.3) is 5.78 Å². The van der Waals surface area contributed by atoms with E-state index in [1.165, 1.54) is 0 Å². The summed E-state index contributed by atoms with van der Waals surface area (Å²) in [6.07, 6.45) is 6.48. The minimum atomic E-state index is -0.775. The number of carbonyl (C=O) groups is 2. The predicted octanol–water partition coefficient (Wildman–Crippen LogP) is 2.37. The second-order valence-electron chi connectivity index (χ2n) is 4.69. The van der Waals surface area contributed by atoms with E-state index >= 15 is 0 Å². The third-order valence-electron chi connectivity index (χ3n) is 3.61. The number of furan rings is 1. The Morgan fingerprint density at radius 2 is 2.16 bits per heavy atom. The summed E-state index contributed by atoms with van der Waals surface area (Å²) < 4.78 is 10.2. The molecule has 98 valence electrons. The van der Waals surface area contributed by atoms with Crippen molar-refractivity contribution in [1.29, 1.82) is 0 Å².